The van der Waals surface area contributed by atoms with Crippen LogP contribution >= 0.6 is 24.0 Å². The fourth-order valence-corrected chi connectivity index (χ4v) is 2.34. The van der Waals surface area contributed by atoms with E-state index in [2.05, 4.69) is 5.32 Å². The third-order valence-electron chi connectivity index (χ3n) is 3.25. The van der Waals surface area contributed by atoms with Crippen LogP contribution < -0.4 is 5.32 Å². The number of amides is 1. The van der Waals surface area contributed by atoms with Gasteiger partial charge in [0.25, 0.3) is 0 Å². The van der Waals surface area contributed by atoms with Crippen LogP contribution in [0.2, 0.25) is 5.02 Å². The Morgan fingerprint density at radius 1 is 1.50 bits per heavy atom. The summed E-state index contributed by atoms with van der Waals surface area (Å²) in [4.78, 5) is 14.0. The zero-order valence-electron chi connectivity index (χ0n) is 10.4. The number of hydrogen-bond acceptors (Lipinski definition) is 2. The summed E-state index contributed by atoms with van der Waals surface area (Å²) in [5.41, 5.74) is 0.909. The van der Waals surface area contributed by atoms with E-state index in [9.17, 15) is 4.79 Å². The summed E-state index contributed by atoms with van der Waals surface area (Å²) < 4.78 is 0. The Kier molecular flexibility index (Phi) is 5.93. The predicted molar refractivity (Wildman–Crippen MR) is 76.4 cm³/mol. The number of nitrogens with zero attached hydrogens (tertiary/aromatic N) is 1. The van der Waals surface area contributed by atoms with Crippen LogP contribution in [0, 0.1) is 0 Å². The molecule has 1 N–H and O–H groups in total. The van der Waals surface area contributed by atoms with E-state index in [1.807, 2.05) is 36.2 Å². The molecular formula is C13H18Cl2N2O. The van der Waals surface area contributed by atoms with Crippen LogP contribution in [0.3, 0.4) is 0 Å². The highest BCUT2D eigenvalue weighted by molar-refractivity contribution is 6.31. The van der Waals surface area contributed by atoms with Gasteiger partial charge in [0.2, 0.25) is 5.91 Å². The maximum atomic E-state index is 12.1. The monoisotopic (exact) mass is 288 g/mol. The minimum absolute atomic E-state index is 0. The first-order valence-corrected chi connectivity index (χ1v) is 6.27. The summed E-state index contributed by atoms with van der Waals surface area (Å²) >= 11 is 6.05. The second-order valence-corrected chi connectivity index (χ2v) is 4.79. The molecule has 100 valence electrons. The number of nitrogens with one attached hydrogen (secondary N) is 1. The Balaban J connectivity index is 0.00000162. The van der Waals surface area contributed by atoms with Gasteiger partial charge in [0, 0.05) is 24.2 Å². The number of likely N-dealkylation sites (tertiary alicyclic amines) is 1. The van der Waals surface area contributed by atoms with E-state index in [0.717, 1.165) is 25.1 Å². The molecule has 1 aromatic rings. The maximum Gasteiger partial charge on any atom is 0.227 e. The van der Waals surface area contributed by atoms with Crippen LogP contribution in [0.1, 0.15) is 12.0 Å². The molecule has 1 saturated heterocycles. The summed E-state index contributed by atoms with van der Waals surface area (Å²) in [5, 5.41) is 3.88. The average Bonchev–Trinajstić information content (AvgIpc) is 2.81. The second-order valence-electron chi connectivity index (χ2n) is 4.38. The lowest BCUT2D eigenvalue weighted by Gasteiger charge is -2.16. The molecule has 1 heterocycles. The molecule has 3 nitrogen and oxygen atoms in total. The molecule has 5 heteroatoms. The summed E-state index contributed by atoms with van der Waals surface area (Å²) in [6, 6.07) is 7.96. The molecule has 1 aliphatic heterocycles. The van der Waals surface area contributed by atoms with Gasteiger partial charge in [0.15, 0.2) is 0 Å². The summed E-state index contributed by atoms with van der Waals surface area (Å²) in [6.45, 7) is 1.65. The van der Waals surface area contributed by atoms with Crippen molar-refractivity contribution in [3.8, 4) is 0 Å². The van der Waals surface area contributed by atoms with Gasteiger partial charge in [0.1, 0.15) is 0 Å². The zero-order valence-corrected chi connectivity index (χ0v) is 11.9. The zero-order chi connectivity index (χ0) is 12.3. The lowest BCUT2D eigenvalue weighted by atomic mass is 10.1. The number of likely N-dealkylation sites (N-methyl/N-ethyl adjacent to an activating group) is 1. The van der Waals surface area contributed by atoms with Gasteiger partial charge in [-0.15, -0.1) is 12.4 Å². The molecule has 18 heavy (non-hydrogen) atoms. The summed E-state index contributed by atoms with van der Waals surface area (Å²) in [7, 11) is 1.94. The van der Waals surface area contributed by atoms with Gasteiger partial charge in [-0.2, -0.15) is 0 Å². The number of halogens is 2. The molecule has 1 aromatic carbocycles. The van der Waals surface area contributed by atoms with E-state index in [1.54, 1.807) is 0 Å². The third-order valence-corrected chi connectivity index (χ3v) is 3.62. The fraction of sp³-hybridized carbons (Fsp3) is 0.462. The SMILES string of the molecule is CNC1CCN(C(=O)Cc2ccccc2Cl)C1.Cl. The van der Waals surface area contributed by atoms with Crippen molar-refractivity contribution < 1.29 is 4.79 Å². The number of carbonyl (C=O) groups excluding carboxylic acids is 1. The van der Waals surface area contributed by atoms with Crippen LogP contribution in [-0.2, 0) is 11.2 Å². The minimum atomic E-state index is 0. The van der Waals surface area contributed by atoms with E-state index in [0.29, 0.717) is 17.5 Å². The largest absolute Gasteiger partial charge is 0.341 e. The second kappa shape index (κ2) is 6.98. The Morgan fingerprint density at radius 3 is 2.83 bits per heavy atom. The quantitative estimate of drug-likeness (QED) is 0.924. The van der Waals surface area contributed by atoms with Gasteiger partial charge in [0.05, 0.1) is 6.42 Å². The smallest absolute Gasteiger partial charge is 0.227 e. The highest BCUT2D eigenvalue weighted by atomic mass is 35.5. The van der Waals surface area contributed by atoms with Crippen molar-refractivity contribution in [1.29, 1.82) is 0 Å². The predicted octanol–water partition coefficient (Wildman–Crippen LogP) is 2.12. The van der Waals surface area contributed by atoms with Crippen molar-refractivity contribution in [3.05, 3.63) is 34.9 Å². The number of rotatable bonds is 3. The topological polar surface area (TPSA) is 32.3 Å². The van der Waals surface area contributed by atoms with Crippen LogP contribution in [0.25, 0.3) is 0 Å². The van der Waals surface area contributed by atoms with Crippen LogP contribution in [0.4, 0.5) is 0 Å². The van der Waals surface area contributed by atoms with Crippen molar-refractivity contribution in [1.82, 2.24) is 10.2 Å². The van der Waals surface area contributed by atoms with Gasteiger partial charge in [-0.3, -0.25) is 4.79 Å². The van der Waals surface area contributed by atoms with E-state index < -0.39 is 0 Å². The van der Waals surface area contributed by atoms with Gasteiger partial charge >= 0.3 is 0 Å². The van der Waals surface area contributed by atoms with Crippen molar-refractivity contribution in [2.24, 2.45) is 0 Å². The highest BCUT2D eigenvalue weighted by Gasteiger charge is 2.25. The average molecular weight is 289 g/mol. The van der Waals surface area contributed by atoms with E-state index in [-0.39, 0.29) is 18.3 Å². The van der Waals surface area contributed by atoms with E-state index in [4.69, 9.17) is 11.6 Å². The van der Waals surface area contributed by atoms with Gasteiger partial charge in [-0.1, -0.05) is 29.8 Å². The molecule has 1 aliphatic rings. The highest BCUT2D eigenvalue weighted by Crippen LogP contribution is 2.17. The fourth-order valence-electron chi connectivity index (χ4n) is 2.14. The molecular weight excluding hydrogens is 271 g/mol. The van der Waals surface area contributed by atoms with Crippen LogP contribution in [0.5, 0.6) is 0 Å². The third kappa shape index (κ3) is 3.61. The van der Waals surface area contributed by atoms with Crippen molar-refractivity contribution in [2.75, 3.05) is 20.1 Å². The summed E-state index contributed by atoms with van der Waals surface area (Å²) in [6.07, 6.45) is 1.43. The van der Waals surface area contributed by atoms with Crippen LogP contribution in [0.15, 0.2) is 24.3 Å². The molecule has 1 amide bonds. The Morgan fingerprint density at radius 2 is 2.22 bits per heavy atom. The van der Waals surface area contributed by atoms with Crippen molar-refractivity contribution in [3.63, 3.8) is 0 Å². The first-order valence-electron chi connectivity index (χ1n) is 5.89. The number of hydrogen-bond donors (Lipinski definition) is 1. The summed E-state index contributed by atoms with van der Waals surface area (Å²) in [5.74, 6) is 0.163. The lowest BCUT2D eigenvalue weighted by molar-refractivity contribution is -0.129. The molecule has 1 unspecified atom stereocenters. The van der Waals surface area contributed by atoms with Crippen molar-refractivity contribution >= 4 is 29.9 Å². The Hall–Kier alpha value is -0.770. The number of carbonyl (C=O) groups is 1. The van der Waals surface area contributed by atoms with Crippen LogP contribution in [-0.4, -0.2) is 37.0 Å². The van der Waals surface area contributed by atoms with Crippen molar-refractivity contribution in [2.45, 2.75) is 18.9 Å². The molecule has 0 radical (unpaired) electrons. The molecule has 2 rings (SSSR count). The van der Waals surface area contributed by atoms with Gasteiger partial charge < -0.3 is 10.2 Å². The van der Waals surface area contributed by atoms with Gasteiger partial charge in [-0.05, 0) is 25.1 Å². The molecule has 0 aromatic heterocycles. The number of benzene rings is 1. The Bertz CT molecular complexity index is 412. The molecule has 0 saturated carbocycles. The molecule has 0 spiro atoms. The normalized spacial score (nSPS) is 18.6. The Labute approximate surface area is 119 Å². The molecule has 1 atom stereocenters. The lowest BCUT2D eigenvalue weighted by Crippen LogP contribution is -2.34. The molecule has 0 aliphatic carbocycles. The first kappa shape index (κ1) is 15.3. The van der Waals surface area contributed by atoms with E-state index in [1.165, 1.54) is 0 Å². The first-order chi connectivity index (χ1) is 8.20. The minimum Gasteiger partial charge on any atom is -0.341 e. The van der Waals surface area contributed by atoms with Gasteiger partial charge in [-0.25, -0.2) is 0 Å². The maximum absolute atomic E-state index is 12.1. The standard InChI is InChI=1S/C13H17ClN2O.ClH/c1-15-11-6-7-16(9-11)13(17)8-10-4-2-3-5-12(10)14;/h2-5,11,15H,6-9H2,1H3;1H. The molecule has 0 bridgehead atoms. The molecule has 1 fully saturated rings. The van der Waals surface area contributed by atoms with E-state index >= 15 is 0 Å².